The van der Waals surface area contributed by atoms with E-state index in [0.29, 0.717) is 13.0 Å². The van der Waals surface area contributed by atoms with E-state index in [4.69, 9.17) is 14.7 Å². The van der Waals surface area contributed by atoms with Gasteiger partial charge in [-0.15, -0.1) is 0 Å². The molecule has 1 amide bonds. The summed E-state index contributed by atoms with van der Waals surface area (Å²) < 4.78 is 5.63. The summed E-state index contributed by atoms with van der Waals surface area (Å²) in [6, 6.07) is 4.17. The van der Waals surface area contributed by atoms with Crippen molar-refractivity contribution < 1.29 is 9.53 Å². The van der Waals surface area contributed by atoms with E-state index in [1.165, 1.54) is 11.3 Å². The molecule has 32 heavy (non-hydrogen) atoms. The molecule has 1 N–H and O–H groups in total. The minimum Gasteiger partial charge on any atom is -0.364 e. The quantitative estimate of drug-likeness (QED) is 0.750. The minimum absolute atomic E-state index is 0.0425. The van der Waals surface area contributed by atoms with E-state index >= 15 is 0 Å². The molecule has 6 rings (SSSR count). The summed E-state index contributed by atoms with van der Waals surface area (Å²) in [5, 5.41) is 3.34. The lowest BCUT2D eigenvalue weighted by Crippen LogP contribution is -2.64. The molecule has 1 saturated heterocycles. The number of amides is 1. The number of anilines is 1. The van der Waals surface area contributed by atoms with Crippen LogP contribution in [-0.2, 0) is 22.4 Å². The molecule has 2 aliphatic heterocycles. The van der Waals surface area contributed by atoms with Gasteiger partial charge in [-0.2, -0.15) is 0 Å². The zero-order valence-corrected chi connectivity index (χ0v) is 18.3. The molecule has 166 valence electrons. The molecule has 7 heteroatoms. The highest BCUT2D eigenvalue weighted by atomic mass is 16.5. The van der Waals surface area contributed by atoms with Crippen LogP contribution < -0.4 is 10.2 Å². The van der Waals surface area contributed by atoms with Crippen molar-refractivity contribution in [1.82, 2.24) is 20.3 Å². The van der Waals surface area contributed by atoms with Crippen LogP contribution in [0.15, 0.2) is 36.7 Å². The highest BCUT2D eigenvalue weighted by Gasteiger charge is 2.53. The van der Waals surface area contributed by atoms with Crippen molar-refractivity contribution in [2.24, 2.45) is 5.41 Å². The van der Waals surface area contributed by atoms with Gasteiger partial charge in [-0.25, -0.2) is 9.97 Å². The molecule has 0 radical (unpaired) electrons. The largest absolute Gasteiger partial charge is 0.364 e. The Kier molecular flexibility index (Phi) is 4.94. The lowest BCUT2D eigenvalue weighted by molar-refractivity contribution is -0.134. The molecule has 2 aromatic heterocycles. The maximum Gasteiger partial charge on any atom is 0.249 e. The second-order valence-corrected chi connectivity index (χ2v) is 9.59. The van der Waals surface area contributed by atoms with Crippen LogP contribution in [0, 0.1) is 5.41 Å². The van der Waals surface area contributed by atoms with Crippen molar-refractivity contribution in [1.29, 1.82) is 0 Å². The Morgan fingerprint density at radius 1 is 1.19 bits per heavy atom. The van der Waals surface area contributed by atoms with Gasteiger partial charge in [0, 0.05) is 60.2 Å². The SMILES string of the molecule is O=C(NC1CCCC12CN(c1nc(-c3cccnc3)nc3c1CCC3)C2)C1CC=CCO1. The maximum absolute atomic E-state index is 12.8. The summed E-state index contributed by atoms with van der Waals surface area (Å²) >= 11 is 0. The van der Waals surface area contributed by atoms with E-state index < -0.39 is 0 Å². The van der Waals surface area contributed by atoms with Crippen LogP contribution in [0.3, 0.4) is 0 Å². The number of rotatable bonds is 4. The van der Waals surface area contributed by atoms with Gasteiger partial charge in [0.1, 0.15) is 11.9 Å². The Morgan fingerprint density at radius 3 is 2.94 bits per heavy atom. The normalized spacial score (nSPS) is 25.6. The summed E-state index contributed by atoms with van der Waals surface area (Å²) in [6.45, 7) is 2.42. The molecule has 4 aliphatic rings. The van der Waals surface area contributed by atoms with Crippen molar-refractivity contribution >= 4 is 11.7 Å². The number of aromatic nitrogens is 3. The van der Waals surface area contributed by atoms with Gasteiger partial charge in [-0.3, -0.25) is 9.78 Å². The number of carbonyl (C=O) groups is 1. The minimum atomic E-state index is -0.346. The van der Waals surface area contributed by atoms with E-state index in [2.05, 4.69) is 15.2 Å². The number of nitrogens with one attached hydrogen (secondary N) is 1. The molecule has 1 saturated carbocycles. The van der Waals surface area contributed by atoms with Crippen molar-refractivity contribution in [2.75, 3.05) is 24.6 Å². The summed E-state index contributed by atoms with van der Waals surface area (Å²) in [7, 11) is 0. The topological polar surface area (TPSA) is 80.2 Å². The van der Waals surface area contributed by atoms with Gasteiger partial charge in [0.25, 0.3) is 0 Å². The molecule has 4 heterocycles. The number of carbonyl (C=O) groups excluding carboxylic acids is 1. The molecular weight excluding hydrogens is 402 g/mol. The Morgan fingerprint density at radius 2 is 2.12 bits per heavy atom. The van der Waals surface area contributed by atoms with Crippen LogP contribution >= 0.6 is 0 Å². The van der Waals surface area contributed by atoms with E-state index in [1.54, 1.807) is 6.20 Å². The predicted octanol–water partition coefficient (Wildman–Crippen LogP) is 2.85. The lowest BCUT2D eigenvalue weighted by Gasteiger charge is -2.52. The molecule has 1 spiro atoms. The Labute approximate surface area is 188 Å². The first-order chi connectivity index (χ1) is 15.7. The third-order valence-electron chi connectivity index (χ3n) is 7.57. The molecule has 0 bridgehead atoms. The fraction of sp³-hybridized carbons (Fsp3) is 0.520. The molecule has 7 nitrogen and oxygen atoms in total. The first-order valence-electron chi connectivity index (χ1n) is 11.8. The summed E-state index contributed by atoms with van der Waals surface area (Å²) in [5.41, 5.74) is 3.61. The predicted molar refractivity (Wildman–Crippen MR) is 121 cm³/mol. The summed E-state index contributed by atoms with van der Waals surface area (Å²) in [6.07, 6.45) is 14.5. The molecular formula is C25H29N5O2. The highest BCUT2D eigenvalue weighted by molar-refractivity contribution is 5.81. The van der Waals surface area contributed by atoms with Gasteiger partial charge in [-0.05, 0) is 44.2 Å². The average Bonchev–Trinajstić information content (AvgIpc) is 3.46. The van der Waals surface area contributed by atoms with Gasteiger partial charge in [0.2, 0.25) is 5.91 Å². The number of aryl methyl sites for hydroxylation is 1. The van der Waals surface area contributed by atoms with Crippen molar-refractivity contribution in [2.45, 2.75) is 57.1 Å². The van der Waals surface area contributed by atoms with Gasteiger partial charge < -0.3 is 15.0 Å². The standard InChI is InChI=1S/C25H29N5O2/c31-24(20-9-1-2-13-32-20)28-21-10-4-11-25(21)15-30(16-25)23-18-7-3-8-19(18)27-22(29-23)17-6-5-12-26-14-17/h1-2,5-6,12,14,20-21H,3-4,7-11,13,15-16H2,(H,28,31). The van der Waals surface area contributed by atoms with Gasteiger partial charge in [0.15, 0.2) is 5.82 Å². The van der Waals surface area contributed by atoms with E-state index in [0.717, 1.165) is 68.8 Å². The number of hydrogen-bond donors (Lipinski definition) is 1. The van der Waals surface area contributed by atoms with Crippen LogP contribution in [0.4, 0.5) is 5.82 Å². The fourth-order valence-electron chi connectivity index (χ4n) is 5.88. The Bertz CT molecular complexity index is 1050. The third kappa shape index (κ3) is 3.39. The number of ether oxygens (including phenoxy) is 1. The highest BCUT2D eigenvalue weighted by Crippen LogP contribution is 2.48. The van der Waals surface area contributed by atoms with Crippen LogP contribution in [0.2, 0.25) is 0 Å². The maximum atomic E-state index is 12.8. The van der Waals surface area contributed by atoms with Crippen molar-refractivity contribution in [3.8, 4) is 11.4 Å². The van der Waals surface area contributed by atoms with Crippen LogP contribution in [0.1, 0.15) is 43.4 Å². The second-order valence-electron chi connectivity index (χ2n) is 9.59. The van der Waals surface area contributed by atoms with Crippen molar-refractivity contribution in [3.63, 3.8) is 0 Å². The Hall–Kier alpha value is -2.80. The molecule has 2 aliphatic carbocycles. The number of nitrogens with zero attached hydrogens (tertiary/aromatic N) is 4. The van der Waals surface area contributed by atoms with Gasteiger partial charge >= 0.3 is 0 Å². The van der Waals surface area contributed by atoms with E-state index in [9.17, 15) is 4.79 Å². The van der Waals surface area contributed by atoms with Crippen LogP contribution in [-0.4, -0.2) is 52.7 Å². The monoisotopic (exact) mass is 431 g/mol. The average molecular weight is 432 g/mol. The molecule has 2 unspecified atom stereocenters. The molecule has 2 aromatic rings. The smallest absolute Gasteiger partial charge is 0.249 e. The van der Waals surface area contributed by atoms with Crippen LogP contribution in [0.25, 0.3) is 11.4 Å². The zero-order chi connectivity index (χ0) is 21.5. The Balaban J connectivity index is 1.21. The molecule has 2 fully saturated rings. The first kappa shape index (κ1) is 19.9. The van der Waals surface area contributed by atoms with Gasteiger partial charge in [0.05, 0.1) is 6.61 Å². The number of pyridine rings is 1. The van der Waals surface area contributed by atoms with E-state index in [-0.39, 0.29) is 23.5 Å². The third-order valence-corrected chi connectivity index (χ3v) is 7.57. The summed E-state index contributed by atoms with van der Waals surface area (Å²) in [4.78, 5) is 29.3. The molecule has 2 atom stereocenters. The zero-order valence-electron chi connectivity index (χ0n) is 18.3. The summed E-state index contributed by atoms with van der Waals surface area (Å²) in [5.74, 6) is 1.91. The van der Waals surface area contributed by atoms with Crippen LogP contribution in [0.5, 0.6) is 0 Å². The van der Waals surface area contributed by atoms with Gasteiger partial charge in [-0.1, -0.05) is 18.6 Å². The fourth-order valence-corrected chi connectivity index (χ4v) is 5.88. The first-order valence-corrected chi connectivity index (χ1v) is 11.8. The van der Waals surface area contributed by atoms with E-state index in [1.807, 2.05) is 30.5 Å². The number of hydrogen-bond acceptors (Lipinski definition) is 6. The lowest BCUT2D eigenvalue weighted by atomic mass is 9.74. The second kappa shape index (κ2) is 7.96. The number of fused-ring (bicyclic) bond motifs is 1. The van der Waals surface area contributed by atoms with Crippen molar-refractivity contribution in [3.05, 3.63) is 47.9 Å². The molecule has 0 aromatic carbocycles.